The van der Waals surface area contributed by atoms with E-state index in [1.807, 2.05) is 14.1 Å². The molecular formula is C13H12ClF6N5O. The smallest absolute Gasteiger partial charge is 0.361 e. The number of nitrogens with one attached hydrogen (secondary N) is 1. The number of hydrogen-bond donors (Lipinski definition) is 2. The fourth-order valence-electron chi connectivity index (χ4n) is 1.83. The Labute approximate surface area is 148 Å². The molecule has 1 aliphatic rings. The fourth-order valence-corrected chi connectivity index (χ4v) is 2.08. The second kappa shape index (κ2) is 7.65. The maximum atomic E-state index is 13.1. The number of anilines is 1. The van der Waals surface area contributed by atoms with Crippen LogP contribution in [0.2, 0.25) is 5.02 Å². The van der Waals surface area contributed by atoms with Crippen molar-refractivity contribution >= 4 is 23.6 Å². The van der Waals surface area contributed by atoms with Crippen LogP contribution in [0.25, 0.3) is 0 Å². The zero-order valence-electron chi connectivity index (χ0n) is 13.2. The van der Waals surface area contributed by atoms with Gasteiger partial charge in [-0.25, -0.2) is 9.99 Å². The maximum absolute atomic E-state index is 13.1. The lowest BCUT2D eigenvalue weighted by Crippen LogP contribution is -2.59. The zero-order valence-corrected chi connectivity index (χ0v) is 13.9. The number of rotatable bonds is 1. The second-order valence-corrected chi connectivity index (χ2v) is 5.34. The molecule has 2 rings (SSSR count). The number of nitrogens with zero attached hydrogens (tertiary/aromatic N) is 4. The fraction of sp³-hybridized carbons (Fsp3) is 0.462. The Hall–Kier alpha value is -2.10. The summed E-state index contributed by atoms with van der Waals surface area (Å²) in [6, 6.07) is 1.55. The normalized spacial score (nSPS) is 22.7. The van der Waals surface area contributed by atoms with Gasteiger partial charge in [-0.3, -0.25) is 0 Å². The number of alkyl halides is 6. The van der Waals surface area contributed by atoms with Gasteiger partial charge in [0.15, 0.2) is 5.82 Å². The van der Waals surface area contributed by atoms with Gasteiger partial charge in [-0.1, -0.05) is 11.6 Å². The van der Waals surface area contributed by atoms with Gasteiger partial charge in [-0.05, 0) is 20.2 Å². The van der Waals surface area contributed by atoms with Crippen LogP contribution in [-0.4, -0.2) is 42.3 Å². The number of pyridine rings is 1. The Kier molecular flexibility index (Phi) is 6.45. The number of aliphatic hydroxyl groups is 1. The lowest BCUT2D eigenvalue weighted by molar-refractivity contribution is -0.262. The van der Waals surface area contributed by atoms with Crippen LogP contribution in [0.3, 0.4) is 0 Å². The van der Waals surface area contributed by atoms with Gasteiger partial charge in [0.2, 0.25) is 0 Å². The molecule has 0 aromatic carbocycles. The van der Waals surface area contributed by atoms with E-state index in [0.29, 0.717) is 12.3 Å². The van der Waals surface area contributed by atoms with Crippen LogP contribution in [-0.2, 0) is 6.18 Å². The minimum atomic E-state index is -5.35. The van der Waals surface area contributed by atoms with Crippen molar-refractivity contribution in [1.29, 1.82) is 5.26 Å². The van der Waals surface area contributed by atoms with E-state index in [2.05, 4.69) is 15.4 Å². The van der Waals surface area contributed by atoms with Crippen molar-refractivity contribution in [3.05, 3.63) is 22.8 Å². The van der Waals surface area contributed by atoms with E-state index in [1.165, 1.54) is 6.07 Å². The predicted octanol–water partition coefficient (Wildman–Crippen LogP) is 2.79. The first kappa shape index (κ1) is 21.9. The third-order valence-electron chi connectivity index (χ3n) is 2.99. The molecule has 0 bridgehead atoms. The van der Waals surface area contributed by atoms with Crippen LogP contribution in [0.4, 0.5) is 32.2 Å². The van der Waals surface area contributed by atoms with Crippen molar-refractivity contribution < 1.29 is 31.4 Å². The van der Waals surface area contributed by atoms with Crippen molar-refractivity contribution in [2.75, 3.05) is 19.1 Å². The quantitative estimate of drug-likeness (QED) is 0.704. The van der Waals surface area contributed by atoms with Gasteiger partial charge < -0.3 is 10.4 Å². The Morgan fingerprint density at radius 1 is 1.31 bits per heavy atom. The van der Waals surface area contributed by atoms with E-state index in [9.17, 15) is 31.4 Å². The van der Waals surface area contributed by atoms with Crippen LogP contribution < -0.4 is 10.3 Å². The van der Waals surface area contributed by atoms with Gasteiger partial charge in [0.1, 0.15) is 5.92 Å². The summed E-state index contributed by atoms with van der Waals surface area (Å²) >= 11 is 5.54. The maximum Gasteiger partial charge on any atom is 0.440 e. The van der Waals surface area contributed by atoms with E-state index in [4.69, 9.17) is 16.9 Å². The van der Waals surface area contributed by atoms with Crippen molar-refractivity contribution in [3.8, 4) is 6.07 Å². The molecule has 1 aromatic heterocycles. The Balaban J connectivity index is 0.00000105. The highest BCUT2D eigenvalue weighted by Crippen LogP contribution is 2.45. The molecule has 2 unspecified atom stereocenters. The minimum absolute atomic E-state index is 0.122. The van der Waals surface area contributed by atoms with Crippen LogP contribution in [0.1, 0.15) is 5.56 Å². The number of hydrogen-bond acceptors (Lipinski definition) is 6. The summed E-state index contributed by atoms with van der Waals surface area (Å²) in [4.78, 5) is 3.20. The van der Waals surface area contributed by atoms with Gasteiger partial charge in [0, 0.05) is 12.4 Å². The van der Waals surface area contributed by atoms with Gasteiger partial charge in [0.05, 0.1) is 16.7 Å². The lowest BCUT2D eigenvalue weighted by Gasteiger charge is -2.35. The summed E-state index contributed by atoms with van der Waals surface area (Å²) in [6.07, 6.45) is -9.41. The number of aromatic nitrogens is 1. The van der Waals surface area contributed by atoms with E-state index >= 15 is 0 Å². The summed E-state index contributed by atoms with van der Waals surface area (Å²) in [5.74, 6) is -2.98. The Bertz CT molecular complexity index is 716. The summed E-state index contributed by atoms with van der Waals surface area (Å²) in [5, 5.41) is 23.6. The summed E-state index contributed by atoms with van der Waals surface area (Å²) in [5.41, 5.74) is -5.08. The van der Waals surface area contributed by atoms with Crippen LogP contribution >= 0.6 is 11.6 Å². The first-order valence-corrected chi connectivity index (χ1v) is 7.06. The van der Waals surface area contributed by atoms with Crippen molar-refractivity contribution in [2.45, 2.75) is 18.1 Å². The Morgan fingerprint density at radius 2 is 1.85 bits per heavy atom. The molecule has 0 aliphatic carbocycles. The average Bonchev–Trinajstić information content (AvgIpc) is 2.84. The monoisotopic (exact) mass is 403 g/mol. The van der Waals surface area contributed by atoms with Gasteiger partial charge >= 0.3 is 12.4 Å². The molecular weight excluding hydrogens is 392 g/mol. The molecule has 0 radical (unpaired) electrons. The number of nitriles is 1. The molecule has 0 amide bonds. The molecule has 0 fully saturated rings. The highest BCUT2D eigenvalue weighted by atomic mass is 35.5. The molecule has 13 heteroatoms. The van der Waals surface area contributed by atoms with Gasteiger partial charge in [-0.2, -0.15) is 36.7 Å². The topological polar surface area (TPSA) is 84.5 Å². The second-order valence-electron chi connectivity index (χ2n) is 4.93. The number of hydrazone groups is 1. The molecule has 0 spiro atoms. The molecule has 2 N–H and O–H groups in total. The predicted molar refractivity (Wildman–Crippen MR) is 80.3 cm³/mol. The largest absolute Gasteiger partial charge is 0.440 e. The highest BCUT2D eigenvalue weighted by molar-refractivity contribution is 6.33. The highest BCUT2D eigenvalue weighted by Gasteiger charge is 2.66. The summed E-state index contributed by atoms with van der Waals surface area (Å²) in [6.45, 7) is 0. The lowest BCUT2D eigenvalue weighted by atomic mass is 9.98. The molecule has 144 valence electrons. The van der Waals surface area contributed by atoms with E-state index < -0.39 is 40.4 Å². The molecule has 0 saturated heterocycles. The SMILES string of the molecule is CNC.N#CC1C=NN(c2ncc(C(F)(F)F)cc2Cl)C1(O)C(F)(F)F. The minimum Gasteiger partial charge on any atom is -0.361 e. The number of halogens is 7. The molecule has 26 heavy (non-hydrogen) atoms. The van der Waals surface area contributed by atoms with E-state index in [-0.39, 0.29) is 11.2 Å². The molecule has 2 heterocycles. The summed E-state index contributed by atoms with van der Waals surface area (Å²) in [7, 11) is 3.75. The van der Waals surface area contributed by atoms with Crippen molar-refractivity contribution in [3.63, 3.8) is 0 Å². The van der Waals surface area contributed by atoms with Crippen LogP contribution in [0, 0.1) is 17.2 Å². The van der Waals surface area contributed by atoms with Crippen molar-refractivity contribution in [1.82, 2.24) is 10.3 Å². The third-order valence-corrected chi connectivity index (χ3v) is 3.27. The molecule has 1 aliphatic heterocycles. The van der Waals surface area contributed by atoms with Gasteiger partial charge in [-0.15, -0.1) is 0 Å². The zero-order chi connectivity index (χ0) is 20.3. The molecule has 2 atom stereocenters. The first-order chi connectivity index (χ1) is 11.8. The molecule has 0 saturated carbocycles. The molecule has 6 nitrogen and oxygen atoms in total. The Morgan fingerprint density at radius 3 is 2.23 bits per heavy atom. The third kappa shape index (κ3) is 4.00. The average molecular weight is 404 g/mol. The standard InChI is InChI=1S/C11H5ClF6N4O.C2H7N/c12-7-1-5(10(13,14)15)3-20-8(7)22-9(23,11(16,17)18)6(2-19)4-21-22;1-3-2/h1,3-4,6,23H;3H,1-2H3. The van der Waals surface area contributed by atoms with E-state index in [0.717, 1.165) is 0 Å². The van der Waals surface area contributed by atoms with Crippen LogP contribution in [0.15, 0.2) is 17.4 Å². The van der Waals surface area contributed by atoms with Crippen molar-refractivity contribution in [2.24, 2.45) is 11.0 Å². The van der Waals surface area contributed by atoms with Gasteiger partial charge in [0.25, 0.3) is 5.72 Å². The van der Waals surface area contributed by atoms with Crippen LogP contribution in [0.5, 0.6) is 0 Å². The first-order valence-electron chi connectivity index (χ1n) is 6.68. The molecule has 1 aromatic rings. The van der Waals surface area contributed by atoms with E-state index in [1.54, 1.807) is 0 Å². The summed E-state index contributed by atoms with van der Waals surface area (Å²) < 4.78 is 77.0.